The van der Waals surface area contributed by atoms with Gasteiger partial charge in [-0.05, 0) is 13.8 Å². The Kier molecular flexibility index (Phi) is 2.79. The highest BCUT2D eigenvalue weighted by Gasteiger charge is 2.24. The van der Waals surface area contributed by atoms with Gasteiger partial charge in [0.2, 0.25) is 5.95 Å². The molecule has 1 aliphatic rings. The summed E-state index contributed by atoms with van der Waals surface area (Å²) in [7, 11) is 0. The van der Waals surface area contributed by atoms with Gasteiger partial charge in [-0.2, -0.15) is 0 Å². The van der Waals surface area contributed by atoms with Gasteiger partial charge in [0.05, 0.1) is 24.6 Å². The molecule has 1 aliphatic heterocycles. The second-order valence-electron chi connectivity index (χ2n) is 4.63. The van der Waals surface area contributed by atoms with Gasteiger partial charge in [0.15, 0.2) is 0 Å². The lowest BCUT2D eigenvalue weighted by Crippen LogP contribution is -2.46. The first-order chi connectivity index (χ1) is 8.72. The number of ether oxygens (including phenoxy) is 1. The molecule has 6 nitrogen and oxygen atoms in total. The number of hydrogen-bond acceptors (Lipinski definition) is 6. The average molecular weight is 245 g/mol. The van der Waals surface area contributed by atoms with Crippen LogP contribution in [0.15, 0.2) is 18.7 Å². The first-order valence-electron chi connectivity index (χ1n) is 6.05. The van der Waals surface area contributed by atoms with Gasteiger partial charge in [-0.3, -0.25) is 0 Å². The molecule has 2 unspecified atom stereocenters. The number of morpholine rings is 1. The lowest BCUT2D eigenvalue weighted by Gasteiger charge is -2.35. The number of aromatic nitrogens is 4. The Morgan fingerprint density at radius 1 is 1.11 bits per heavy atom. The van der Waals surface area contributed by atoms with Crippen molar-refractivity contribution in [3.05, 3.63) is 18.7 Å². The van der Waals surface area contributed by atoms with Crippen LogP contribution in [0.3, 0.4) is 0 Å². The van der Waals surface area contributed by atoms with Crippen LogP contribution in [0.5, 0.6) is 0 Å². The summed E-state index contributed by atoms with van der Waals surface area (Å²) in [6, 6.07) is 0. The molecule has 2 atom stereocenters. The summed E-state index contributed by atoms with van der Waals surface area (Å²) < 4.78 is 5.70. The van der Waals surface area contributed by atoms with E-state index in [9.17, 15) is 0 Å². The summed E-state index contributed by atoms with van der Waals surface area (Å²) in [5.74, 6) is 0.722. The Labute approximate surface area is 105 Å². The van der Waals surface area contributed by atoms with Crippen molar-refractivity contribution in [1.82, 2.24) is 19.9 Å². The van der Waals surface area contributed by atoms with Gasteiger partial charge in [-0.1, -0.05) is 0 Å². The van der Waals surface area contributed by atoms with Crippen LogP contribution in [-0.2, 0) is 4.74 Å². The van der Waals surface area contributed by atoms with Gasteiger partial charge in [0.1, 0.15) is 17.4 Å². The zero-order chi connectivity index (χ0) is 12.5. The Bertz CT molecular complexity index is 551. The summed E-state index contributed by atoms with van der Waals surface area (Å²) in [4.78, 5) is 19.1. The van der Waals surface area contributed by atoms with E-state index >= 15 is 0 Å². The molecule has 0 aliphatic carbocycles. The SMILES string of the molecule is CC1CN(c2ncc3ncncc3n2)CC(C)O1. The van der Waals surface area contributed by atoms with Crippen molar-refractivity contribution in [3.63, 3.8) is 0 Å². The Hall–Kier alpha value is -1.82. The van der Waals surface area contributed by atoms with Crippen molar-refractivity contribution in [2.24, 2.45) is 0 Å². The lowest BCUT2D eigenvalue weighted by atomic mass is 10.2. The van der Waals surface area contributed by atoms with Crippen LogP contribution in [0.4, 0.5) is 5.95 Å². The van der Waals surface area contributed by atoms with Gasteiger partial charge in [-0.25, -0.2) is 19.9 Å². The monoisotopic (exact) mass is 245 g/mol. The largest absolute Gasteiger partial charge is 0.372 e. The molecule has 0 spiro atoms. The van der Waals surface area contributed by atoms with Crippen molar-refractivity contribution >= 4 is 17.0 Å². The predicted molar refractivity (Wildman–Crippen MR) is 67.4 cm³/mol. The molecule has 94 valence electrons. The molecule has 1 fully saturated rings. The van der Waals surface area contributed by atoms with Crippen LogP contribution in [-0.4, -0.2) is 45.2 Å². The Morgan fingerprint density at radius 2 is 1.89 bits per heavy atom. The van der Waals surface area contributed by atoms with Gasteiger partial charge >= 0.3 is 0 Å². The number of hydrogen-bond donors (Lipinski definition) is 0. The summed E-state index contributed by atoms with van der Waals surface area (Å²) in [5.41, 5.74) is 1.54. The fraction of sp³-hybridized carbons (Fsp3) is 0.500. The first-order valence-corrected chi connectivity index (χ1v) is 6.05. The van der Waals surface area contributed by atoms with Crippen molar-refractivity contribution in [2.45, 2.75) is 26.1 Å². The summed E-state index contributed by atoms with van der Waals surface area (Å²) in [6.45, 7) is 5.74. The highest BCUT2D eigenvalue weighted by atomic mass is 16.5. The van der Waals surface area contributed by atoms with E-state index in [1.807, 2.05) is 0 Å². The maximum absolute atomic E-state index is 5.70. The molecule has 2 aromatic heterocycles. The fourth-order valence-electron chi connectivity index (χ4n) is 2.27. The van der Waals surface area contributed by atoms with E-state index < -0.39 is 0 Å². The second kappa shape index (κ2) is 4.45. The van der Waals surface area contributed by atoms with Crippen LogP contribution in [0.25, 0.3) is 11.0 Å². The van der Waals surface area contributed by atoms with Gasteiger partial charge < -0.3 is 9.64 Å². The van der Waals surface area contributed by atoms with Crippen LogP contribution < -0.4 is 4.90 Å². The van der Waals surface area contributed by atoms with E-state index in [1.165, 1.54) is 6.33 Å². The van der Waals surface area contributed by atoms with Crippen molar-refractivity contribution in [2.75, 3.05) is 18.0 Å². The van der Waals surface area contributed by atoms with Gasteiger partial charge in [0, 0.05) is 13.1 Å². The minimum absolute atomic E-state index is 0.195. The quantitative estimate of drug-likeness (QED) is 0.747. The molecule has 3 rings (SSSR count). The summed E-state index contributed by atoms with van der Waals surface area (Å²) in [6.07, 6.45) is 5.34. The van der Waals surface area contributed by atoms with Gasteiger partial charge in [0.25, 0.3) is 0 Å². The van der Waals surface area contributed by atoms with Crippen LogP contribution >= 0.6 is 0 Å². The molecule has 0 radical (unpaired) electrons. The second-order valence-corrected chi connectivity index (χ2v) is 4.63. The van der Waals surface area contributed by atoms with Crippen molar-refractivity contribution in [3.8, 4) is 0 Å². The number of fused-ring (bicyclic) bond motifs is 1. The van der Waals surface area contributed by atoms with E-state index in [-0.39, 0.29) is 12.2 Å². The zero-order valence-corrected chi connectivity index (χ0v) is 10.4. The minimum Gasteiger partial charge on any atom is -0.372 e. The first kappa shape index (κ1) is 11.3. The molecule has 0 saturated carbocycles. The molecule has 1 saturated heterocycles. The van der Waals surface area contributed by atoms with E-state index in [0.717, 1.165) is 30.1 Å². The molecular formula is C12H15N5O. The normalized spacial score (nSPS) is 24.4. The maximum atomic E-state index is 5.70. The van der Waals surface area contributed by atoms with Crippen molar-refractivity contribution in [1.29, 1.82) is 0 Å². The smallest absolute Gasteiger partial charge is 0.226 e. The highest BCUT2D eigenvalue weighted by Crippen LogP contribution is 2.17. The maximum Gasteiger partial charge on any atom is 0.226 e. The third kappa shape index (κ3) is 2.11. The fourth-order valence-corrected chi connectivity index (χ4v) is 2.27. The van der Waals surface area contributed by atoms with E-state index in [0.29, 0.717) is 0 Å². The van der Waals surface area contributed by atoms with Crippen LogP contribution in [0.1, 0.15) is 13.8 Å². The Morgan fingerprint density at radius 3 is 2.67 bits per heavy atom. The third-order valence-corrected chi connectivity index (χ3v) is 2.95. The Balaban J connectivity index is 1.93. The molecule has 3 heterocycles. The predicted octanol–water partition coefficient (Wildman–Crippen LogP) is 1.03. The molecule has 0 N–H and O–H groups in total. The zero-order valence-electron chi connectivity index (χ0n) is 10.4. The van der Waals surface area contributed by atoms with Gasteiger partial charge in [-0.15, -0.1) is 0 Å². The molecule has 0 aromatic carbocycles. The van der Waals surface area contributed by atoms with Crippen LogP contribution in [0, 0.1) is 0 Å². The van der Waals surface area contributed by atoms with Crippen molar-refractivity contribution < 1.29 is 4.74 Å². The summed E-state index contributed by atoms with van der Waals surface area (Å²) >= 11 is 0. The number of rotatable bonds is 1. The minimum atomic E-state index is 0.195. The lowest BCUT2D eigenvalue weighted by molar-refractivity contribution is -0.00570. The van der Waals surface area contributed by atoms with E-state index in [1.54, 1.807) is 12.4 Å². The van der Waals surface area contributed by atoms with Crippen LogP contribution in [0.2, 0.25) is 0 Å². The molecule has 0 bridgehead atoms. The third-order valence-electron chi connectivity index (χ3n) is 2.95. The average Bonchev–Trinajstić information content (AvgIpc) is 2.37. The number of nitrogens with zero attached hydrogens (tertiary/aromatic N) is 5. The molecule has 18 heavy (non-hydrogen) atoms. The summed E-state index contributed by atoms with van der Waals surface area (Å²) in [5, 5.41) is 0. The number of anilines is 1. The topological polar surface area (TPSA) is 64.0 Å². The molecular weight excluding hydrogens is 230 g/mol. The highest BCUT2D eigenvalue weighted by molar-refractivity contribution is 5.72. The van der Waals surface area contributed by atoms with E-state index in [2.05, 4.69) is 38.7 Å². The molecule has 0 amide bonds. The van der Waals surface area contributed by atoms with E-state index in [4.69, 9.17) is 4.74 Å². The molecule has 6 heteroatoms. The molecule has 2 aromatic rings. The standard InChI is InChI=1S/C12H15N5O/c1-8-5-17(6-9(2)18-8)12-14-4-10-11(16-12)3-13-7-15-10/h3-4,7-9H,5-6H2,1-2H3.